The predicted octanol–water partition coefficient (Wildman–Crippen LogP) is 2.93. The summed E-state index contributed by atoms with van der Waals surface area (Å²) in [7, 11) is 1.52. The largest absolute Gasteiger partial charge is 0.383 e. The first-order chi connectivity index (χ1) is 11.5. The number of nitrogens with zero attached hydrogens (tertiary/aromatic N) is 3. The van der Waals surface area contributed by atoms with Gasteiger partial charge in [-0.05, 0) is 24.3 Å². The van der Waals surface area contributed by atoms with Gasteiger partial charge in [0.2, 0.25) is 0 Å². The lowest BCUT2D eigenvalue weighted by Gasteiger charge is -2.22. The first-order valence-corrected chi connectivity index (χ1v) is 7.52. The molecule has 0 N–H and O–H groups in total. The monoisotopic (exact) mass is 349 g/mol. The molecule has 0 aliphatic rings. The third-order valence-electron chi connectivity index (χ3n) is 3.32. The van der Waals surface area contributed by atoms with Gasteiger partial charge in [-0.25, -0.2) is 0 Å². The van der Waals surface area contributed by atoms with E-state index in [2.05, 4.69) is 4.98 Å². The minimum absolute atomic E-state index is 0.0172. The Morgan fingerprint density at radius 1 is 1.38 bits per heavy atom. The number of carbonyl (C=O) groups is 1. The number of benzene rings is 1. The van der Waals surface area contributed by atoms with Gasteiger partial charge < -0.3 is 9.64 Å². The van der Waals surface area contributed by atoms with Crippen LogP contribution in [0.15, 0.2) is 42.6 Å². The van der Waals surface area contributed by atoms with Gasteiger partial charge in [0.05, 0.1) is 23.8 Å². The molecule has 0 aliphatic carbocycles. The van der Waals surface area contributed by atoms with Crippen molar-refractivity contribution in [1.82, 2.24) is 9.88 Å². The number of hydrogen-bond acceptors (Lipinski definition) is 5. The van der Waals surface area contributed by atoms with Crippen molar-refractivity contribution in [2.45, 2.75) is 6.54 Å². The standard InChI is InChI=1S/C16H16ClN3O4/c1-24-9-8-19(11-13-4-2-3-7-18-13)16(21)14-6-5-12(17)10-15(14)20(22)23/h2-7,10H,8-9,11H2,1H3. The highest BCUT2D eigenvalue weighted by molar-refractivity contribution is 6.31. The molecule has 0 unspecified atom stereocenters. The normalized spacial score (nSPS) is 10.4. The van der Waals surface area contributed by atoms with Gasteiger partial charge >= 0.3 is 0 Å². The molecule has 0 fully saturated rings. The highest BCUT2D eigenvalue weighted by Crippen LogP contribution is 2.25. The molecule has 0 atom stereocenters. The molecular formula is C16H16ClN3O4. The minimum atomic E-state index is -0.617. The molecule has 0 bridgehead atoms. The van der Waals surface area contributed by atoms with Crippen LogP contribution in [-0.4, -0.2) is 41.0 Å². The summed E-state index contributed by atoms with van der Waals surface area (Å²) in [6, 6.07) is 9.35. The van der Waals surface area contributed by atoms with Crippen LogP contribution in [0.5, 0.6) is 0 Å². The van der Waals surface area contributed by atoms with Gasteiger partial charge in [-0.2, -0.15) is 0 Å². The van der Waals surface area contributed by atoms with E-state index in [1.54, 1.807) is 18.3 Å². The average molecular weight is 350 g/mol. The van der Waals surface area contributed by atoms with Crippen molar-refractivity contribution in [3.05, 3.63) is 69.0 Å². The smallest absolute Gasteiger partial charge is 0.283 e. The maximum Gasteiger partial charge on any atom is 0.283 e. The predicted molar refractivity (Wildman–Crippen MR) is 89.0 cm³/mol. The molecule has 126 valence electrons. The van der Waals surface area contributed by atoms with Gasteiger partial charge in [0.15, 0.2) is 0 Å². The second-order valence-corrected chi connectivity index (χ2v) is 5.40. The number of hydrogen-bond donors (Lipinski definition) is 0. The molecule has 8 heteroatoms. The molecule has 2 aromatic rings. The van der Waals surface area contributed by atoms with Crippen LogP contribution >= 0.6 is 11.6 Å². The van der Waals surface area contributed by atoms with Crippen LogP contribution in [0.4, 0.5) is 5.69 Å². The van der Waals surface area contributed by atoms with Crippen molar-refractivity contribution in [1.29, 1.82) is 0 Å². The van der Waals surface area contributed by atoms with Crippen LogP contribution in [0.3, 0.4) is 0 Å². The number of pyridine rings is 1. The summed E-state index contributed by atoms with van der Waals surface area (Å²) in [6.45, 7) is 0.814. The molecule has 7 nitrogen and oxygen atoms in total. The molecule has 0 radical (unpaired) electrons. The van der Waals surface area contributed by atoms with Crippen LogP contribution < -0.4 is 0 Å². The third kappa shape index (κ3) is 4.50. The molecule has 24 heavy (non-hydrogen) atoms. The zero-order valence-electron chi connectivity index (χ0n) is 13.0. The Labute approximate surface area is 144 Å². The molecule has 1 amide bonds. The van der Waals surface area contributed by atoms with Crippen LogP contribution in [-0.2, 0) is 11.3 Å². The lowest BCUT2D eigenvalue weighted by Crippen LogP contribution is -2.34. The molecule has 0 saturated carbocycles. The van der Waals surface area contributed by atoms with Gasteiger partial charge in [0.1, 0.15) is 5.56 Å². The van der Waals surface area contributed by atoms with E-state index >= 15 is 0 Å². The van der Waals surface area contributed by atoms with Gasteiger partial charge in [0.25, 0.3) is 11.6 Å². The number of nitro benzene ring substituents is 1. The number of halogens is 1. The Balaban J connectivity index is 2.32. The number of methoxy groups -OCH3 is 1. The molecule has 0 saturated heterocycles. The minimum Gasteiger partial charge on any atom is -0.383 e. The second kappa shape index (κ2) is 8.37. The molecule has 2 rings (SSSR count). The first kappa shape index (κ1) is 17.8. The SMILES string of the molecule is COCCN(Cc1ccccn1)C(=O)c1ccc(Cl)cc1[N+](=O)[O-]. The average Bonchev–Trinajstić information content (AvgIpc) is 2.58. The summed E-state index contributed by atoms with van der Waals surface area (Å²) in [5.74, 6) is -0.471. The third-order valence-corrected chi connectivity index (χ3v) is 3.55. The Kier molecular flexibility index (Phi) is 6.22. The molecule has 0 aliphatic heterocycles. The van der Waals surface area contributed by atoms with Crippen LogP contribution in [0.2, 0.25) is 5.02 Å². The highest BCUT2D eigenvalue weighted by Gasteiger charge is 2.25. The second-order valence-electron chi connectivity index (χ2n) is 4.96. The number of nitro groups is 1. The summed E-state index contributed by atoms with van der Waals surface area (Å²) in [5.41, 5.74) is 0.339. The van der Waals surface area contributed by atoms with E-state index in [0.29, 0.717) is 12.3 Å². The zero-order valence-corrected chi connectivity index (χ0v) is 13.8. The molecule has 1 heterocycles. The van der Waals surface area contributed by atoms with Crippen molar-refractivity contribution in [3.8, 4) is 0 Å². The Morgan fingerprint density at radius 3 is 2.79 bits per heavy atom. The maximum absolute atomic E-state index is 12.8. The number of carbonyl (C=O) groups excluding carboxylic acids is 1. The Morgan fingerprint density at radius 2 is 2.17 bits per heavy atom. The van der Waals surface area contributed by atoms with E-state index in [0.717, 1.165) is 0 Å². The fourth-order valence-electron chi connectivity index (χ4n) is 2.15. The number of ether oxygens (including phenoxy) is 1. The fraction of sp³-hybridized carbons (Fsp3) is 0.250. The number of rotatable bonds is 7. The Hall–Kier alpha value is -2.51. The topological polar surface area (TPSA) is 85.6 Å². The summed E-state index contributed by atoms with van der Waals surface area (Å²) in [5, 5.41) is 11.4. The molecule has 1 aromatic carbocycles. The van der Waals surface area contributed by atoms with Crippen molar-refractivity contribution < 1.29 is 14.5 Å². The summed E-state index contributed by atoms with van der Waals surface area (Å²) in [4.78, 5) is 29.0. The van der Waals surface area contributed by atoms with E-state index in [1.165, 1.54) is 30.2 Å². The lowest BCUT2D eigenvalue weighted by atomic mass is 10.1. The Bertz CT molecular complexity index is 725. The van der Waals surface area contributed by atoms with Gasteiger partial charge in [0, 0.05) is 30.9 Å². The van der Waals surface area contributed by atoms with E-state index < -0.39 is 10.8 Å². The summed E-state index contributed by atoms with van der Waals surface area (Å²) < 4.78 is 5.02. The van der Waals surface area contributed by atoms with Crippen molar-refractivity contribution >= 4 is 23.2 Å². The van der Waals surface area contributed by atoms with E-state index in [1.807, 2.05) is 6.07 Å². The lowest BCUT2D eigenvalue weighted by molar-refractivity contribution is -0.385. The highest BCUT2D eigenvalue weighted by atomic mass is 35.5. The molecular weight excluding hydrogens is 334 g/mol. The summed E-state index contributed by atoms with van der Waals surface area (Å²) in [6.07, 6.45) is 1.62. The van der Waals surface area contributed by atoms with E-state index in [-0.39, 0.29) is 29.4 Å². The number of amides is 1. The van der Waals surface area contributed by atoms with Crippen molar-refractivity contribution in [2.75, 3.05) is 20.3 Å². The molecule has 0 spiro atoms. The van der Waals surface area contributed by atoms with Crippen LogP contribution in [0.1, 0.15) is 16.1 Å². The van der Waals surface area contributed by atoms with Gasteiger partial charge in [-0.3, -0.25) is 19.9 Å². The fourth-order valence-corrected chi connectivity index (χ4v) is 2.31. The maximum atomic E-state index is 12.8. The molecule has 1 aromatic heterocycles. The zero-order chi connectivity index (χ0) is 17.5. The van der Waals surface area contributed by atoms with Crippen LogP contribution in [0.25, 0.3) is 0 Å². The summed E-state index contributed by atoms with van der Waals surface area (Å²) >= 11 is 5.80. The van der Waals surface area contributed by atoms with Gasteiger partial charge in [-0.1, -0.05) is 17.7 Å². The first-order valence-electron chi connectivity index (χ1n) is 7.15. The van der Waals surface area contributed by atoms with Crippen molar-refractivity contribution in [2.24, 2.45) is 0 Å². The van der Waals surface area contributed by atoms with Crippen LogP contribution in [0, 0.1) is 10.1 Å². The van der Waals surface area contributed by atoms with E-state index in [9.17, 15) is 14.9 Å². The van der Waals surface area contributed by atoms with Gasteiger partial charge in [-0.15, -0.1) is 0 Å². The van der Waals surface area contributed by atoms with Crippen molar-refractivity contribution in [3.63, 3.8) is 0 Å². The quantitative estimate of drug-likeness (QED) is 0.566. The number of aromatic nitrogens is 1. The van der Waals surface area contributed by atoms with E-state index in [4.69, 9.17) is 16.3 Å².